The van der Waals surface area contributed by atoms with Gasteiger partial charge in [-0.05, 0) is 34.1 Å². The summed E-state index contributed by atoms with van der Waals surface area (Å²) in [5, 5.41) is 7.00. The molecule has 1 N–H and O–H groups in total. The summed E-state index contributed by atoms with van der Waals surface area (Å²) in [7, 11) is 2.36. The number of carbonyl (C=O) groups excluding carboxylic acids is 1. The van der Waals surface area contributed by atoms with Crippen molar-refractivity contribution in [3.8, 4) is 0 Å². The quantitative estimate of drug-likeness (QED) is 0.807. The molecule has 0 saturated heterocycles. The molecule has 0 spiro atoms. The van der Waals surface area contributed by atoms with E-state index in [0.29, 0.717) is 5.56 Å². The number of aliphatic hydroxyl groups is 1. The number of benzene rings is 1. The molecule has 3 nitrogen and oxygen atoms in total. The van der Waals surface area contributed by atoms with E-state index in [9.17, 15) is 4.79 Å². The predicted molar refractivity (Wildman–Crippen MR) is 61.3 cm³/mol. The van der Waals surface area contributed by atoms with Crippen LogP contribution < -0.4 is 0 Å². The summed E-state index contributed by atoms with van der Waals surface area (Å²) in [5.41, 5.74) is 0.528. The normalized spacial score (nSPS) is 8.64. The molecule has 0 saturated carbocycles. The van der Waals surface area contributed by atoms with Gasteiger partial charge in [0.2, 0.25) is 0 Å². The zero-order valence-electron chi connectivity index (χ0n) is 7.75. The summed E-state index contributed by atoms with van der Waals surface area (Å²) in [6.45, 7) is 0. The standard InChI is InChI=1S/C8H6Br2O2.CH4O/c1-12-8(11)6-3-2-5(9)4-7(6)10;1-2/h2-4H,1H3;2H,1H3. The zero-order chi connectivity index (χ0) is 11.1. The van der Waals surface area contributed by atoms with Crippen molar-refractivity contribution in [2.45, 2.75) is 0 Å². The fourth-order valence-corrected chi connectivity index (χ4v) is 1.97. The molecule has 0 aliphatic heterocycles. The maximum absolute atomic E-state index is 11.1. The van der Waals surface area contributed by atoms with Crippen molar-refractivity contribution in [2.75, 3.05) is 14.2 Å². The number of esters is 1. The van der Waals surface area contributed by atoms with Gasteiger partial charge in [0, 0.05) is 16.1 Å². The highest BCUT2D eigenvalue weighted by Gasteiger charge is 2.09. The van der Waals surface area contributed by atoms with Crippen LogP contribution >= 0.6 is 31.9 Å². The molecule has 5 heteroatoms. The molecule has 0 aromatic heterocycles. The average molecular weight is 326 g/mol. The van der Waals surface area contributed by atoms with Gasteiger partial charge in [0.05, 0.1) is 12.7 Å². The second kappa shape index (κ2) is 6.98. The molecule has 0 atom stereocenters. The van der Waals surface area contributed by atoms with E-state index in [2.05, 4.69) is 36.6 Å². The van der Waals surface area contributed by atoms with E-state index in [1.165, 1.54) is 7.11 Å². The number of halogens is 2. The van der Waals surface area contributed by atoms with E-state index >= 15 is 0 Å². The molecule has 1 aromatic carbocycles. The summed E-state index contributed by atoms with van der Waals surface area (Å²) < 4.78 is 6.22. The number of methoxy groups -OCH3 is 1. The lowest BCUT2D eigenvalue weighted by Gasteiger charge is -2.01. The number of rotatable bonds is 1. The van der Waals surface area contributed by atoms with Crippen molar-refractivity contribution in [1.29, 1.82) is 0 Å². The Labute approximate surface area is 99.3 Å². The number of aliphatic hydroxyl groups excluding tert-OH is 1. The first-order chi connectivity index (χ1) is 6.65. The first kappa shape index (κ1) is 13.6. The average Bonchev–Trinajstić information content (AvgIpc) is 2.20. The summed E-state index contributed by atoms with van der Waals surface area (Å²) in [6.07, 6.45) is 0. The van der Waals surface area contributed by atoms with E-state index in [4.69, 9.17) is 5.11 Å². The van der Waals surface area contributed by atoms with Crippen molar-refractivity contribution in [3.05, 3.63) is 32.7 Å². The second-order valence-electron chi connectivity index (χ2n) is 2.12. The smallest absolute Gasteiger partial charge is 0.339 e. The lowest BCUT2D eigenvalue weighted by Crippen LogP contribution is -2.01. The van der Waals surface area contributed by atoms with Gasteiger partial charge in [-0.25, -0.2) is 4.79 Å². The van der Waals surface area contributed by atoms with E-state index in [-0.39, 0.29) is 5.97 Å². The van der Waals surface area contributed by atoms with Crippen molar-refractivity contribution in [1.82, 2.24) is 0 Å². The minimum absolute atomic E-state index is 0.339. The fraction of sp³-hybridized carbons (Fsp3) is 0.222. The van der Waals surface area contributed by atoms with Crippen LogP contribution in [-0.2, 0) is 4.74 Å². The highest BCUT2D eigenvalue weighted by Crippen LogP contribution is 2.22. The van der Waals surface area contributed by atoms with Crippen LogP contribution in [0.2, 0.25) is 0 Å². The van der Waals surface area contributed by atoms with Gasteiger partial charge >= 0.3 is 5.97 Å². The maximum atomic E-state index is 11.1. The zero-order valence-corrected chi connectivity index (χ0v) is 10.9. The van der Waals surface area contributed by atoms with Gasteiger partial charge < -0.3 is 9.84 Å². The largest absolute Gasteiger partial charge is 0.465 e. The van der Waals surface area contributed by atoms with Gasteiger partial charge in [0.1, 0.15) is 0 Å². The Bertz CT molecular complexity index is 313. The number of ether oxygens (including phenoxy) is 1. The van der Waals surface area contributed by atoms with Crippen LogP contribution in [0.3, 0.4) is 0 Å². The highest BCUT2D eigenvalue weighted by atomic mass is 79.9. The molecule has 0 aliphatic carbocycles. The number of hydrogen-bond acceptors (Lipinski definition) is 3. The second-order valence-corrected chi connectivity index (χ2v) is 3.89. The summed E-state index contributed by atoms with van der Waals surface area (Å²) in [5.74, 6) is -0.339. The van der Waals surface area contributed by atoms with Crippen molar-refractivity contribution in [2.24, 2.45) is 0 Å². The van der Waals surface area contributed by atoms with Crippen LogP contribution in [0.15, 0.2) is 27.1 Å². The Hall–Kier alpha value is -0.390. The van der Waals surface area contributed by atoms with E-state index in [1.807, 2.05) is 0 Å². The minimum Gasteiger partial charge on any atom is -0.465 e. The van der Waals surface area contributed by atoms with Crippen LogP contribution in [0, 0.1) is 0 Å². The first-order valence-corrected chi connectivity index (χ1v) is 5.22. The Kier molecular flexibility index (Phi) is 6.78. The molecule has 0 fully saturated rings. The van der Waals surface area contributed by atoms with Crippen LogP contribution in [0.25, 0.3) is 0 Å². The summed E-state index contributed by atoms with van der Waals surface area (Å²) >= 11 is 6.54. The van der Waals surface area contributed by atoms with E-state index in [0.717, 1.165) is 16.1 Å². The topological polar surface area (TPSA) is 46.5 Å². The van der Waals surface area contributed by atoms with Crippen LogP contribution in [-0.4, -0.2) is 25.3 Å². The minimum atomic E-state index is -0.339. The summed E-state index contributed by atoms with van der Waals surface area (Å²) in [4.78, 5) is 11.1. The molecule has 0 radical (unpaired) electrons. The SMILES string of the molecule is CO.COC(=O)c1ccc(Br)cc1Br. The van der Waals surface area contributed by atoms with E-state index in [1.54, 1.807) is 18.2 Å². The van der Waals surface area contributed by atoms with Gasteiger partial charge in [0.15, 0.2) is 0 Å². The molecule has 0 aliphatic rings. The third-order valence-corrected chi connectivity index (χ3v) is 2.49. The molecule has 0 amide bonds. The monoisotopic (exact) mass is 324 g/mol. The maximum Gasteiger partial charge on any atom is 0.339 e. The molecular weight excluding hydrogens is 316 g/mol. The third kappa shape index (κ3) is 3.77. The summed E-state index contributed by atoms with van der Waals surface area (Å²) in [6, 6.07) is 5.28. The number of carbonyl (C=O) groups is 1. The molecule has 1 rings (SSSR count). The fourth-order valence-electron chi connectivity index (χ4n) is 0.765. The Morgan fingerprint density at radius 2 is 1.93 bits per heavy atom. The van der Waals surface area contributed by atoms with Gasteiger partial charge in [-0.1, -0.05) is 15.9 Å². The molecule has 0 unspecified atom stereocenters. The first-order valence-electron chi connectivity index (χ1n) is 3.63. The highest BCUT2D eigenvalue weighted by molar-refractivity contribution is 9.11. The Morgan fingerprint density at radius 3 is 2.36 bits per heavy atom. The van der Waals surface area contributed by atoms with Gasteiger partial charge in [-0.2, -0.15) is 0 Å². The number of hydrogen-bond donors (Lipinski definition) is 1. The van der Waals surface area contributed by atoms with Gasteiger partial charge in [0.25, 0.3) is 0 Å². The molecule has 0 bridgehead atoms. The van der Waals surface area contributed by atoms with Crippen molar-refractivity contribution >= 4 is 37.8 Å². The van der Waals surface area contributed by atoms with Gasteiger partial charge in [-0.15, -0.1) is 0 Å². The molecule has 14 heavy (non-hydrogen) atoms. The predicted octanol–water partition coefficient (Wildman–Crippen LogP) is 2.61. The molecule has 1 aromatic rings. The third-order valence-electron chi connectivity index (χ3n) is 1.34. The van der Waals surface area contributed by atoms with Crippen LogP contribution in [0.1, 0.15) is 10.4 Å². The van der Waals surface area contributed by atoms with Crippen LogP contribution in [0.4, 0.5) is 0 Å². The van der Waals surface area contributed by atoms with E-state index < -0.39 is 0 Å². The lowest BCUT2D eigenvalue weighted by molar-refractivity contribution is 0.0599. The molecule has 78 valence electrons. The van der Waals surface area contributed by atoms with Crippen molar-refractivity contribution in [3.63, 3.8) is 0 Å². The van der Waals surface area contributed by atoms with Gasteiger partial charge in [-0.3, -0.25) is 0 Å². The van der Waals surface area contributed by atoms with Crippen LogP contribution in [0.5, 0.6) is 0 Å². The molecule has 0 heterocycles. The lowest BCUT2D eigenvalue weighted by atomic mass is 10.2. The molecular formula is C9H10Br2O3. The van der Waals surface area contributed by atoms with Crippen molar-refractivity contribution < 1.29 is 14.6 Å². The Morgan fingerprint density at radius 1 is 1.36 bits per heavy atom. The Balaban J connectivity index is 0.000000791.